The van der Waals surface area contributed by atoms with Crippen molar-refractivity contribution < 1.29 is 42.7 Å². The topological polar surface area (TPSA) is 176 Å². The Bertz CT molecular complexity index is 3000. The molecule has 0 aliphatic rings. The first-order chi connectivity index (χ1) is 38.0. The summed E-state index contributed by atoms with van der Waals surface area (Å²) in [5, 5.41) is 23.3. The first kappa shape index (κ1) is 62.0. The Morgan fingerprint density at radius 2 is 1.09 bits per heavy atom. The molecule has 0 saturated carbocycles. The van der Waals surface area contributed by atoms with Crippen LogP contribution in [0.25, 0.3) is 11.1 Å². The molecule has 6 rings (SSSR count). The number of rotatable bonds is 26. The number of carbonyl (C=O) groups is 1. The van der Waals surface area contributed by atoms with E-state index in [-0.39, 0.29) is 44.5 Å². The summed E-state index contributed by atoms with van der Waals surface area (Å²) in [6, 6.07) is 26.8. The minimum absolute atomic E-state index is 0.122. The lowest BCUT2D eigenvalue weighted by molar-refractivity contribution is -0.156. The van der Waals surface area contributed by atoms with Crippen LogP contribution in [0, 0.1) is 42.4 Å². The summed E-state index contributed by atoms with van der Waals surface area (Å²) < 4.78 is 49.2. The predicted octanol–water partition coefficient (Wildman–Crippen LogP) is 13.9. The summed E-state index contributed by atoms with van der Waals surface area (Å²) >= 11 is 14.0. The van der Waals surface area contributed by atoms with E-state index in [1.165, 1.54) is 19.5 Å². The molecule has 2 heterocycles. The molecule has 6 aromatic rings. The zero-order valence-corrected chi connectivity index (χ0v) is 49.4. The number of aromatic nitrogens is 2. The molecule has 422 valence electrons. The quantitative estimate of drug-likeness (QED) is 0.0401. The first-order valence-corrected chi connectivity index (χ1v) is 27.2. The Labute approximate surface area is 481 Å². The van der Waals surface area contributed by atoms with Gasteiger partial charge >= 0.3 is 5.97 Å². The molecular weight excluding hydrogens is 1050 g/mol. The van der Waals surface area contributed by atoms with E-state index in [2.05, 4.69) is 60.0 Å². The lowest BCUT2D eigenvalue weighted by Gasteiger charge is -2.32. The van der Waals surface area contributed by atoms with Gasteiger partial charge in [0, 0.05) is 60.2 Å². The van der Waals surface area contributed by atoms with Crippen LogP contribution in [0.5, 0.6) is 23.0 Å². The molecule has 0 amide bonds. The molecule has 0 unspecified atom stereocenters. The SMILES string of the molecule is C=C(OC)[C@@H](NCc1cc(Cl)c(OCc2cccc(-c3cccc(COc4cc(OCc5cncc(C#N)c5)c(CC[C@H](C(=O)OC)[C@@H](C)OC(C)(C)C)cc4Cl)c3C)c2C)cc1OCc1cncc(C#N)c1)[C@@H](C)OC(C)(C)C. The Hall–Kier alpha value is -7.17. The summed E-state index contributed by atoms with van der Waals surface area (Å²) in [6.45, 7) is 24.9. The Balaban J connectivity index is 1.23. The van der Waals surface area contributed by atoms with E-state index in [0.717, 1.165) is 50.1 Å². The highest BCUT2D eigenvalue weighted by Crippen LogP contribution is 2.39. The van der Waals surface area contributed by atoms with Crippen LogP contribution in [0.15, 0.2) is 110 Å². The maximum absolute atomic E-state index is 13.1. The highest BCUT2D eigenvalue weighted by molar-refractivity contribution is 6.32. The number of pyridine rings is 2. The smallest absolute Gasteiger partial charge is 0.311 e. The number of ether oxygens (including phenoxy) is 8. The van der Waals surface area contributed by atoms with Gasteiger partial charge in [0.15, 0.2) is 0 Å². The molecular formula is C64H73Cl2N5O9. The van der Waals surface area contributed by atoms with Crippen LogP contribution >= 0.6 is 23.2 Å². The molecule has 14 nitrogen and oxygen atoms in total. The van der Waals surface area contributed by atoms with E-state index in [0.29, 0.717) is 74.9 Å². The van der Waals surface area contributed by atoms with Crippen molar-refractivity contribution in [2.45, 2.75) is 145 Å². The van der Waals surface area contributed by atoms with Crippen molar-refractivity contribution in [3.63, 3.8) is 0 Å². The molecule has 0 fully saturated rings. The van der Waals surface area contributed by atoms with Crippen LogP contribution in [-0.2, 0) is 63.1 Å². The number of carbonyl (C=O) groups excluding carboxylic acids is 1. The molecule has 0 radical (unpaired) electrons. The maximum atomic E-state index is 13.1. The van der Waals surface area contributed by atoms with Crippen LogP contribution in [-0.4, -0.2) is 59.6 Å². The van der Waals surface area contributed by atoms with Gasteiger partial charge in [-0.1, -0.05) is 66.2 Å². The summed E-state index contributed by atoms with van der Waals surface area (Å²) in [5.41, 5.74) is 8.87. The van der Waals surface area contributed by atoms with Crippen LogP contribution in [0.4, 0.5) is 0 Å². The summed E-state index contributed by atoms with van der Waals surface area (Å²) in [5.74, 6) is 1.45. The van der Waals surface area contributed by atoms with Crippen molar-refractivity contribution in [3.05, 3.63) is 176 Å². The van der Waals surface area contributed by atoms with Gasteiger partial charge in [0.2, 0.25) is 0 Å². The van der Waals surface area contributed by atoms with Crippen molar-refractivity contribution in [1.29, 1.82) is 10.5 Å². The minimum atomic E-state index is -0.556. The van der Waals surface area contributed by atoms with Crippen molar-refractivity contribution in [2.24, 2.45) is 5.92 Å². The molecule has 2 aromatic heterocycles. The van der Waals surface area contributed by atoms with Gasteiger partial charge < -0.3 is 43.2 Å². The van der Waals surface area contributed by atoms with E-state index in [1.807, 2.05) is 91.8 Å². The number of halogens is 2. The lowest BCUT2D eigenvalue weighted by Crippen LogP contribution is -2.44. The molecule has 16 heteroatoms. The van der Waals surface area contributed by atoms with Crippen LogP contribution in [0.3, 0.4) is 0 Å². The molecule has 0 spiro atoms. The standard InChI is InChI=1S/C64H73Cl2N5O9/c1-39-49(37-77-59-26-57(75-35-46-22-44(28-67)30-69-32-46)48(24-55(59)65)20-21-54(62(72)74-13)41(3)79-63(6,7)8)16-14-18-52(39)53-19-15-17-50(40(53)2)38-78-60-27-58(76-36-47-23-45(29-68)31-70-33-47)51(25-56(60)66)34-71-61(42(4)73-12)43(5)80-64(9,10)11/h14-19,22-27,30-33,41,43,54,61,71H,4,20-21,34-38H2,1-3,5-13H3/t41-,43-,54+,61-/m1/s1. The van der Waals surface area contributed by atoms with E-state index >= 15 is 0 Å². The number of hydrogen-bond acceptors (Lipinski definition) is 14. The van der Waals surface area contributed by atoms with Crippen LogP contribution < -0.4 is 24.3 Å². The fraction of sp³-hybridized carbons (Fsp3) is 0.391. The summed E-state index contributed by atoms with van der Waals surface area (Å²) in [6.07, 6.45) is 6.41. The van der Waals surface area contributed by atoms with Gasteiger partial charge in [-0.2, -0.15) is 10.5 Å². The molecule has 0 aliphatic heterocycles. The molecule has 0 bridgehead atoms. The monoisotopic (exact) mass is 1130 g/mol. The second kappa shape index (κ2) is 28.3. The predicted molar refractivity (Wildman–Crippen MR) is 311 cm³/mol. The van der Waals surface area contributed by atoms with Crippen molar-refractivity contribution in [1.82, 2.24) is 15.3 Å². The maximum Gasteiger partial charge on any atom is 0.311 e. The third-order valence-electron chi connectivity index (χ3n) is 13.3. The third kappa shape index (κ3) is 17.4. The Morgan fingerprint density at radius 1 is 0.625 bits per heavy atom. The van der Waals surface area contributed by atoms with Gasteiger partial charge in [-0.05, 0) is 145 Å². The highest BCUT2D eigenvalue weighted by Gasteiger charge is 2.31. The number of nitrogens with zero attached hydrogens (tertiary/aromatic N) is 4. The largest absolute Gasteiger partial charge is 0.500 e. The van der Waals surface area contributed by atoms with E-state index in [1.54, 1.807) is 43.8 Å². The second-order valence-electron chi connectivity index (χ2n) is 21.6. The summed E-state index contributed by atoms with van der Waals surface area (Å²) in [4.78, 5) is 21.5. The highest BCUT2D eigenvalue weighted by atomic mass is 35.5. The average Bonchev–Trinajstić information content (AvgIpc) is 3.41. The van der Waals surface area contributed by atoms with Gasteiger partial charge in [-0.15, -0.1) is 0 Å². The van der Waals surface area contributed by atoms with Gasteiger partial charge in [0.25, 0.3) is 0 Å². The van der Waals surface area contributed by atoms with Crippen molar-refractivity contribution >= 4 is 29.2 Å². The Morgan fingerprint density at radius 3 is 1.55 bits per heavy atom. The van der Waals surface area contributed by atoms with Crippen LogP contribution in [0.2, 0.25) is 10.0 Å². The fourth-order valence-electron chi connectivity index (χ4n) is 9.29. The Kier molecular flexibility index (Phi) is 21.9. The molecule has 0 saturated heterocycles. The number of nitrogens with one attached hydrogen (secondary N) is 1. The zero-order valence-electron chi connectivity index (χ0n) is 47.9. The molecule has 4 aromatic carbocycles. The van der Waals surface area contributed by atoms with Crippen molar-refractivity contribution in [2.75, 3.05) is 14.2 Å². The third-order valence-corrected chi connectivity index (χ3v) is 13.9. The minimum Gasteiger partial charge on any atom is -0.500 e. The van der Waals surface area contributed by atoms with E-state index in [9.17, 15) is 15.3 Å². The van der Waals surface area contributed by atoms with E-state index in [4.69, 9.17) is 61.1 Å². The second-order valence-corrected chi connectivity index (χ2v) is 22.4. The molecule has 1 N–H and O–H groups in total. The number of hydrogen-bond donors (Lipinski definition) is 1. The van der Waals surface area contributed by atoms with Gasteiger partial charge in [-0.3, -0.25) is 14.8 Å². The summed E-state index contributed by atoms with van der Waals surface area (Å²) in [7, 11) is 2.96. The first-order valence-electron chi connectivity index (χ1n) is 26.4. The average molecular weight is 1130 g/mol. The zero-order chi connectivity index (χ0) is 58.3. The van der Waals surface area contributed by atoms with Crippen molar-refractivity contribution in [3.8, 4) is 46.3 Å². The molecule has 0 aliphatic carbocycles. The normalized spacial score (nSPS) is 13.0. The van der Waals surface area contributed by atoms with Crippen LogP contribution in [0.1, 0.15) is 117 Å². The number of benzene rings is 4. The molecule has 4 atom stereocenters. The van der Waals surface area contributed by atoms with Gasteiger partial charge in [0.1, 0.15) is 67.3 Å². The lowest BCUT2D eigenvalue weighted by atomic mass is 9.92. The number of nitriles is 2. The number of esters is 1. The van der Waals surface area contributed by atoms with E-state index < -0.39 is 23.2 Å². The molecule has 80 heavy (non-hydrogen) atoms. The fourth-order valence-corrected chi connectivity index (χ4v) is 9.77. The van der Waals surface area contributed by atoms with Gasteiger partial charge in [0.05, 0.1) is 70.8 Å². The number of aryl methyl sites for hydroxylation is 1. The van der Waals surface area contributed by atoms with Gasteiger partial charge in [-0.25, -0.2) is 0 Å². The number of methoxy groups -OCH3 is 2.